The lowest BCUT2D eigenvalue weighted by atomic mass is 9.85. The second-order valence-corrected chi connectivity index (χ2v) is 5.62. The van der Waals surface area contributed by atoms with Crippen LogP contribution in [-0.4, -0.2) is 30.9 Å². The highest BCUT2D eigenvalue weighted by atomic mass is 16.3. The van der Waals surface area contributed by atoms with Crippen LogP contribution in [0, 0.1) is 11.8 Å². The zero-order valence-corrected chi connectivity index (χ0v) is 11.9. The molecule has 106 valence electrons. The third-order valence-corrected chi connectivity index (χ3v) is 4.04. The topological polar surface area (TPSA) is 45.5 Å². The molecule has 1 aromatic rings. The summed E-state index contributed by atoms with van der Waals surface area (Å²) in [5, 5.41) is 3.41. The predicted molar refractivity (Wildman–Crippen MR) is 74.6 cm³/mol. The highest BCUT2D eigenvalue weighted by molar-refractivity contribution is 5.76. The molecule has 0 radical (unpaired) electrons. The summed E-state index contributed by atoms with van der Waals surface area (Å²) in [5.74, 6) is 2.12. The van der Waals surface area contributed by atoms with Crippen LogP contribution >= 0.6 is 0 Å². The van der Waals surface area contributed by atoms with E-state index in [2.05, 4.69) is 12.2 Å². The summed E-state index contributed by atoms with van der Waals surface area (Å²) in [6.07, 6.45) is 4.74. The summed E-state index contributed by atoms with van der Waals surface area (Å²) in [7, 11) is 1.84. The molecule has 0 aromatic carbocycles. The van der Waals surface area contributed by atoms with Crippen molar-refractivity contribution in [3.8, 4) is 0 Å². The lowest BCUT2D eigenvalue weighted by Crippen LogP contribution is -2.36. The number of rotatable bonds is 5. The molecular weight excluding hydrogens is 240 g/mol. The molecule has 2 rings (SSSR count). The van der Waals surface area contributed by atoms with Gasteiger partial charge in [-0.2, -0.15) is 0 Å². The largest absolute Gasteiger partial charge is 0.467 e. The van der Waals surface area contributed by atoms with Crippen LogP contribution < -0.4 is 5.32 Å². The van der Waals surface area contributed by atoms with E-state index in [4.69, 9.17) is 4.42 Å². The minimum Gasteiger partial charge on any atom is -0.467 e. The van der Waals surface area contributed by atoms with Gasteiger partial charge in [-0.15, -0.1) is 0 Å². The molecule has 2 unspecified atom stereocenters. The van der Waals surface area contributed by atoms with Gasteiger partial charge in [-0.25, -0.2) is 0 Å². The van der Waals surface area contributed by atoms with E-state index in [9.17, 15) is 4.79 Å². The number of hydrogen-bond acceptors (Lipinski definition) is 3. The van der Waals surface area contributed by atoms with Crippen molar-refractivity contribution in [3.63, 3.8) is 0 Å². The molecule has 4 nitrogen and oxygen atoms in total. The molecular formula is C15H24N2O2. The van der Waals surface area contributed by atoms with Crippen LogP contribution in [0.2, 0.25) is 0 Å². The Morgan fingerprint density at radius 1 is 1.63 bits per heavy atom. The Morgan fingerprint density at radius 3 is 3.11 bits per heavy atom. The van der Waals surface area contributed by atoms with E-state index in [0.29, 0.717) is 24.8 Å². The van der Waals surface area contributed by atoms with Crippen molar-refractivity contribution >= 4 is 5.91 Å². The maximum absolute atomic E-state index is 12.2. The average molecular weight is 264 g/mol. The third-order valence-electron chi connectivity index (χ3n) is 4.04. The number of nitrogens with zero attached hydrogens (tertiary/aromatic N) is 1. The van der Waals surface area contributed by atoms with Gasteiger partial charge in [-0.3, -0.25) is 4.79 Å². The van der Waals surface area contributed by atoms with Crippen LogP contribution in [-0.2, 0) is 11.3 Å². The molecule has 1 amide bonds. The summed E-state index contributed by atoms with van der Waals surface area (Å²) in [4.78, 5) is 13.9. The third kappa shape index (κ3) is 4.10. The van der Waals surface area contributed by atoms with E-state index >= 15 is 0 Å². The Balaban J connectivity index is 1.79. The zero-order chi connectivity index (χ0) is 13.7. The van der Waals surface area contributed by atoms with Crippen LogP contribution in [0.15, 0.2) is 22.8 Å². The Bertz CT molecular complexity index is 383. The number of carbonyl (C=O) groups excluding carboxylic acids is 1. The Hall–Kier alpha value is -1.29. The van der Waals surface area contributed by atoms with E-state index in [-0.39, 0.29) is 5.91 Å². The SMILES string of the molecule is CC(CC(=O)N(C)Cc1ccco1)C1CCCNC1. The Morgan fingerprint density at radius 2 is 2.47 bits per heavy atom. The second kappa shape index (κ2) is 6.75. The van der Waals surface area contributed by atoms with Crippen molar-refractivity contribution in [1.82, 2.24) is 10.2 Å². The number of nitrogens with one attached hydrogen (secondary N) is 1. The van der Waals surface area contributed by atoms with Gasteiger partial charge in [-0.1, -0.05) is 6.92 Å². The van der Waals surface area contributed by atoms with Crippen molar-refractivity contribution in [1.29, 1.82) is 0 Å². The quantitative estimate of drug-likeness (QED) is 0.887. The van der Waals surface area contributed by atoms with Gasteiger partial charge in [0.1, 0.15) is 5.76 Å². The lowest BCUT2D eigenvalue weighted by molar-refractivity contribution is -0.132. The van der Waals surface area contributed by atoms with Gasteiger partial charge in [0.05, 0.1) is 12.8 Å². The van der Waals surface area contributed by atoms with Gasteiger partial charge < -0.3 is 14.6 Å². The summed E-state index contributed by atoms with van der Waals surface area (Å²) in [6, 6.07) is 3.75. The molecule has 0 bridgehead atoms. The van der Waals surface area contributed by atoms with E-state index in [1.807, 2.05) is 19.2 Å². The molecule has 1 N–H and O–H groups in total. The predicted octanol–water partition coefficient (Wildman–Crippen LogP) is 2.26. The zero-order valence-electron chi connectivity index (χ0n) is 11.9. The molecule has 2 atom stereocenters. The van der Waals surface area contributed by atoms with Gasteiger partial charge in [0, 0.05) is 13.5 Å². The molecule has 0 aliphatic carbocycles. The van der Waals surface area contributed by atoms with E-state index in [0.717, 1.165) is 18.8 Å². The highest BCUT2D eigenvalue weighted by Crippen LogP contribution is 2.23. The Labute approximate surface area is 115 Å². The monoisotopic (exact) mass is 264 g/mol. The van der Waals surface area contributed by atoms with E-state index in [1.54, 1.807) is 11.2 Å². The first-order chi connectivity index (χ1) is 9.16. The van der Waals surface area contributed by atoms with Crippen molar-refractivity contribution in [2.75, 3.05) is 20.1 Å². The molecule has 1 fully saturated rings. The standard InChI is InChI=1S/C15H24N2O2/c1-12(13-5-3-7-16-10-13)9-15(18)17(2)11-14-6-4-8-19-14/h4,6,8,12-13,16H,3,5,7,9-11H2,1-2H3. The molecule has 0 spiro atoms. The highest BCUT2D eigenvalue weighted by Gasteiger charge is 2.23. The normalized spacial score (nSPS) is 21.1. The van der Waals surface area contributed by atoms with Crippen LogP contribution in [0.25, 0.3) is 0 Å². The summed E-state index contributed by atoms with van der Waals surface area (Å²) < 4.78 is 5.27. The first-order valence-corrected chi connectivity index (χ1v) is 7.14. The molecule has 1 aliphatic heterocycles. The van der Waals surface area contributed by atoms with Gasteiger partial charge in [0.25, 0.3) is 0 Å². The number of furan rings is 1. The molecule has 0 saturated carbocycles. The number of piperidine rings is 1. The maximum Gasteiger partial charge on any atom is 0.222 e. The molecule has 4 heteroatoms. The fourth-order valence-electron chi connectivity index (χ4n) is 2.69. The van der Waals surface area contributed by atoms with Gasteiger partial charge in [0.15, 0.2) is 0 Å². The van der Waals surface area contributed by atoms with Crippen LogP contribution in [0.3, 0.4) is 0 Å². The second-order valence-electron chi connectivity index (χ2n) is 5.62. The fourth-order valence-corrected chi connectivity index (χ4v) is 2.69. The van der Waals surface area contributed by atoms with Gasteiger partial charge >= 0.3 is 0 Å². The number of amides is 1. The van der Waals surface area contributed by atoms with Crippen LogP contribution in [0.4, 0.5) is 0 Å². The summed E-state index contributed by atoms with van der Waals surface area (Å²) in [6.45, 7) is 4.92. The van der Waals surface area contributed by atoms with Crippen LogP contribution in [0.1, 0.15) is 31.9 Å². The Kier molecular flexibility index (Phi) is 5.02. The summed E-state index contributed by atoms with van der Waals surface area (Å²) in [5.41, 5.74) is 0. The van der Waals surface area contributed by atoms with Crippen molar-refractivity contribution < 1.29 is 9.21 Å². The molecule has 1 saturated heterocycles. The number of hydrogen-bond donors (Lipinski definition) is 1. The van der Waals surface area contributed by atoms with E-state index < -0.39 is 0 Å². The molecule has 1 aromatic heterocycles. The maximum atomic E-state index is 12.2. The minimum absolute atomic E-state index is 0.203. The number of carbonyl (C=O) groups is 1. The molecule has 1 aliphatic rings. The average Bonchev–Trinajstić information content (AvgIpc) is 2.92. The van der Waals surface area contributed by atoms with E-state index in [1.165, 1.54) is 12.8 Å². The van der Waals surface area contributed by atoms with Gasteiger partial charge in [0.2, 0.25) is 5.91 Å². The van der Waals surface area contributed by atoms with Crippen LogP contribution in [0.5, 0.6) is 0 Å². The minimum atomic E-state index is 0.203. The van der Waals surface area contributed by atoms with Crippen molar-refractivity contribution in [3.05, 3.63) is 24.2 Å². The molecule has 19 heavy (non-hydrogen) atoms. The van der Waals surface area contributed by atoms with Gasteiger partial charge in [-0.05, 0) is 49.9 Å². The van der Waals surface area contributed by atoms with Crippen molar-refractivity contribution in [2.45, 2.75) is 32.7 Å². The smallest absolute Gasteiger partial charge is 0.222 e. The first-order valence-electron chi connectivity index (χ1n) is 7.14. The summed E-state index contributed by atoms with van der Waals surface area (Å²) >= 11 is 0. The van der Waals surface area contributed by atoms with Crippen molar-refractivity contribution in [2.24, 2.45) is 11.8 Å². The molecule has 2 heterocycles. The fraction of sp³-hybridized carbons (Fsp3) is 0.667. The lowest BCUT2D eigenvalue weighted by Gasteiger charge is -2.29. The first kappa shape index (κ1) is 14.1.